The van der Waals surface area contributed by atoms with Crippen LogP contribution >= 0.6 is 0 Å². The zero-order valence-electron chi connectivity index (χ0n) is 9.17. The van der Waals surface area contributed by atoms with E-state index in [-0.39, 0.29) is 11.7 Å². The van der Waals surface area contributed by atoms with E-state index in [1.165, 1.54) is 25.7 Å². The van der Waals surface area contributed by atoms with Crippen LogP contribution < -0.4 is 0 Å². The van der Waals surface area contributed by atoms with Gasteiger partial charge in [0.1, 0.15) is 0 Å². The normalized spacial score (nSPS) is 36.4. The second kappa shape index (κ2) is 4.19. The van der Waals surface area contributed by atoms with Crippen molar-refractivity contribution in [1.29, 1.82) is 0 Å². The average Bonchev–Trinajstić information content (AvgIpc) is 2.76. The summed E-state index contributed by atoms with van der Waals surface area (Å²) in [6, 6.07) is 0. The molecule has 0 radical (unpaired) electrons. The topological polar surface area (TPSA) is 29.5 Å². The molecule has 1 aliphatic heterocycles. The zero-order chi connectivity index (χ0) is 10.0. The van der Waals surface area contributed by atoms with E-state index in [1.54, 1.807) is 0 Å². The van der Waals surface area contributed by atoms with Gasteiger partial charge >= 0.3 is 0 Å². The summed E-state index contributed by atoms with van der Waals surface area (Å²) >= 11 is 0. The first-order valence-electron chi connectivity index (χ1n) is 6.03. The van der Waals surface area contributed by atoms with E-state index < -0.39 is 0 Å². The maximum Gasteiger partial charge on any atom is 0.0913 e. The Morgan fingerprint density at radius 3 is 2.64 bits per heavy atom. The molecule has 1 aliphatic carbocycles. The van der Waals surface area contributed by atoms with E-state index in [9.17, 15) is 5.11 Å². The molecule has 0 amide bonds. The molecule has 82 valence electrons. The van der Waals surface area contributed by atoms with Crippen LogP contribution in [0.3, 0.4) is 0 Å². The largest absolute Gasteiger partial charge is 0.390 e. The first kappa shape index (κ1) is 10.4. The third kappa shape index (κ3) is 2.12. The minimum Gasteiger partial charge on any atom is -0.390 e. The smallest absolute Gasteiger partial charge is 0.0913 e. The highest BCUT2D eigenvalue weighted by molar-refractivity contribution is 4.89. The second-order valence-corrected chi connectivity index (χ2v) is 5.17. The standard InChI is InChI=1S/C12H22O2/c1-12(7-4-8-14-12)11(13)9-10-5-2-3-6-10/h10-11,13H,2-9H2,1H3. The SMILES string of the molecule is CC1(C(O)CC2CCCC2)CCCO1. The molecule has 1 saturated carbocycles. The van der Waals surface area contributed by atoms with E-state index in [2.05, 4.69) is 6.92 Å². The number of rotatable bonds is 3. The number of aliphatic hydroxyl groups excluding tert-OH is 1. The summed E-state index contributed by atoms with van der Waals surface area (Å²) in [6.07, 6.45) is 8.19. The Hall–Kier alpha value is -0.0800. The van der Waals surface area contributed by atoms with Crippen LogP contribution in [0.5, 0.6) is 0 Å². The van der Waals surface area contributed by atoms with Gasteiger partial charge in [-0.3, -0.25) is 0 Å². The number of hydrogen-bond donors (Lipinski definition) is 1. The molecule has 0 aromatic rings. The quantitative estimate of drug-likeness (QED) is 0.755. The fourth-order valence-electron chi connectivity index (χ4n) is 2.87. The van der Waals surface area contributed by atoms with Crippen molar-refractivity contribution >= 4 is 0 Å². The highest BCUT2D eigenvalue weighted by Gasteiger charge is 2.38. The van der Waals surface area contributed by atoms with Gasteiger partial charge in [-0.2, -0.15) is 0 Å². The Bertz CT molecular complexity index is 179. The summed E-state index contributed by atoms with van der Waals surface area (Å²) in [5.74, 6) is 0.756. The van der Waals surface area contributed by atoms with Gasteiger partial charge in [0.05, 0.1) is 11.7 Å². The van der Waals surface area contributed by atoms with Crippen LogP contribution in [0.4, 0.5) is 0 Å². The minimum absolute atomic E-state index is 0.234. The number of aliphatic hydroxyl groups is 1. The first-order valence-corrected chi connectivity index (χ1v) is 6.03. The lowest BCUT2D eigenvalue weighted by atomic mass is 9.88. The van der Waals surface area contributed by atoms with Crippen molar-refractivity contribution in [2.75, 3.05) is 6.61 Å². The maximum atomic E-state index is 10.1. The molecule has 0 aromatic heterocycles. The molecule has 2 rings (SSSR count). The van der Waals surface area contributed by atoms with Crippen molar-refractivity contribution in [1.82, 2.24) is 0 Å². The third-order valence-corrected chi connectivity index (χ3v) is 3.99. The summed E-state index contributed by atoms with van der Waals surface area (Å²) in [5.41, 5.74) is -0.234. The van der Waals surface area contributed by atoms with Crippen LogP contribution in [0.2, 0.25) is 0 Å². The highest BCUT2D eigenvalue weighted by atomic mass is 16.5. The third-order valence-electron chi connectivity index (χ3n) is 3.99. The molecule has 1 heterocycles. The molecule has 0 spiro atoms. The zero-order valence-corrected chi connectivity index (χ0v) is 9.17. The summed E-state index contributed by atoms with van der Waals surface area (Å²) in [6.45, 7) is 2.90. The van der Waals surface area contributed by atoms with E-state index >= 15 is 0 Å². The van der Waals surface area contributed by atoms with Gasteiger partial charge in [0, 0.05) is 6.61 Å². The van der Waals surface area contributed by atoms with Gasteiger partial charge in [0.25, 0.3) is 0 Å². The predicted octanol–water partition coefficient (Wildman–Crippen LogP) is 2.50. The van der Waals surface area contributed by atoms with Crippen LogP contribution in [-0.2, 0) is 4.74 Å². The lowest BCUT2D eigenvalue weighted by Gasteiger charge is -2.31. The molecule has 2 fully saturated rings. The molecular weight excluding hydrogens is 176 g/mol. The second-order valence-electron chi connectivity index (χ2n) is 5.17. The van der Waals surface area contributed by atoms with Crippen molar-refractivity contribution in [3.8, 4) is 0 Å². The van der Waals surface area contributed by atoms with E-state index in [1.807, 2.05) is 0 Å². The predicted molar refractivity (Wildman–Crippen MR) is 56.2 cm³/mol. The highest BCUT2D eigenvalue weighted by Crippen LogP contribution is 2.35. The van der Waals surface area contributed by atoms with Crippen molar-refractivity contribution in [2.45, 2.75) is 63.6 Å². The molecule has 2 atom stereocenters. The van der Waals surface area contributed by atoms with Crippen molar-refractivity contribution in [3.05, 3.63) is 0 Å². The van der Waals surface area contributed by atoms with Gasteiger partial charge in [-0.05, 0) is 32.1 Å². The Labute approximate surface area is 86.6 Å². The van der Waals surface area contributed by atoms with Crippen LogP contribution in [0.15, 0.2) is 0 Å². The van der Waals surface area contributed by atoms with Crippen molar-refractivity contribution in [2.24, 2.45) is 5.92 Å². The summed E-state index contributed by atoms with van der Waals surface area (Å²) in [4.78, 5) is 0. The molecule has 2 unspecified atom stereocenters. The first-order chi connectivity index (χ1) is 6.71. The Morgan fingerprint density at radius 1 is 1.36 bits per heavy atom. The lowest BCUT2D eigenvalue weighted by molar-refractivity contribution is -0.0854. The number of hydrogen-bond acceptors (Lipinski definition) is 2. The molecule has 14 heavy (non-hydrogen) atoms. The van der Waals surface area contributed by atoms with Gasteiger partial charge in [0.15, 0.2) is 0 Å². The van der Waals surface area contributed by atoms with Crippen molar-refractivity contribution in [3.63, 3.8) is 0 Å². The molecule has 1 N–H and O–H groups in total. The molecule has 0 bridgehead atoms. The van der Waals surface area contributed by atoms with Gasteiger partial charge < -0.3 is 9.84 Å². The van der Waals surface area contributed by atoms with Gasteiger partial charge in [-0.25, -0.2) is 0 Å². The average molecular weight is 198 g/mol. The summed E-state index contributed by atoms with van der Waals surface area (Å²) in [7, 11) is 0. The number of ether oxygens (including phenoxy) is 1. The fourth-order valence-corrected chi connectivity index (χ4v) is 2.87. The van der Waals surface area contributed by atoms with Crippen LogP contribution in [0.25, 0.3) is 0 Å². The Balaban J connectivity index is 1.84. The summed E-state index contributed by atoms with van der Waals surface area (Å²) in [5, 5.41) is 10.1. The fraction of sp³-hybridized carbons (Fsp3) is 1.00. The van der Waals surface area contributed by atoms with Gasteiger partial charge in [-0.15, -0.1) is 0 Å². The molecule has 2 nitrogen and oxygen atoms in total. The van der Waals surface area contributed by atoms with Crippen LogP contribution in [0, 0.1) is 5.92 Å². The van der Waals surface area contributed by atoms with Crippen molar-refractivity contribution < 1.29 is 9.84 Å². The molecule has 2 aliphatic rings. The van der Waals surface area contributed by atoms with Crippen LogP contribution in [-0.4, -0.2) is 23.4 Å². The van der Waals surface area contributed by atoms with E-state index in [0.717, 1.165) is 31.8 Å². The molecule has 1 saturated heterocycles. The van der Waals surface area contributed by atoms with E-state index in [0.29, 0.717) is 0 Å². The van der Waals surface area contributed by atoms with Crippen LogP contribution in [0.1, 0.15) is 51.9 Å². The monoisotopic (exact) mass is 198 g/mol. The Morgan fingerprint density at radius 2 is 2.07 bits per heavy atom. The minimum atomic E-state index is -0.243. The molecule has 2 heteroatoms. The molecular formula is C12H22O2. The van der Waals surface area contributed by atoms with Gasteiger partial charge in [-0.1, -0.05) is 25.7 Å². The van der Waals surface area contributed by atoms with Gasteiger partial charge in [0.2, 0.25) is 0 Å². The molecule has 0 aromatic carbocycles. The Kier molecular flexibility index (Phi) is 3.13. The lowest BCUT2D eigenvalue weighted by Crippen LogP contribution is -2.39. The van der Waals surface area contributed by atoms with E-state index in [4.69, 9.17) is 4.74 Å². The maximum absolute atomic E-state index is 10.1. The summed E-state index contributed by atoms with van der Waals surface area (Å²) < 4.78 is 5.66.